The first-order chi connectivity index (χ1) is 20.6. The number of hydrogen-bond acceptors (Lipinski definition) is 8. The average molecular weight is 654 g/mol. The average Bonchev–Trinajstić information content (AvgIpc) is 3.29. The minimum atomic E-state index is -4.84. The van der Waals surface area contributed by atoms with E-state index in [2.05, 4.69) is 15.6 Å². The fraction of sp³-hybridized carbons (Fsp3) is 0.310. The number of hydrogen-bond donors (Lipinski definition) is 5. The highest BCUT2D eigenvalue weighted by molar-refractivity contribution is 7.91. The van der Waals surface area contributed by atoms with E-state index in [9.17, 15) is 36.6 Å². The van der Waals surface area contributed by atoms with Crippen LogP contribution in [-0.4, -0.2) is 64.5 Å². The zero-order valence-electron chi connectivity index (χ0n) is 23.5. The van der Waals surface area contributed by atoms with Crippen LogP contribution in [0.25, 0.3) is 10.9 Å². The number of pyridine rings is 1. The quantitative estimate of drug-likeness (QED) is 0.139. The lowest BCUT2D eigenvalue weighted by Crippen LogP contribution is -2.32. The van der Waals surface area contributed by atoms with Crippen LogP contribution in [0.4, 0.5) is 24.7 Å². The van der Waals surface area contributed by atoms with Gasteiger partial charge in [-0.05, 0) is 60.9 Å². The molecule has 6 N–H and O–H groups in total. The molecule has 0 aliphatic carbocycles. The van der Waals surface area contributed by atoms with Crippen LogP contribution in [0.2, 0.25) is 5.02 Å². The molecule has 0 amide bonds. The number of aromatic nitrogens is 2. The van der Waals surface area contributed by atoms with Gasteiger partial charge in [0.25, 0.3) is 0 Å². The van der Waals surface area contributed by atoms with E-state index in [-0.39, 0.29) is 41.4 Å². The Morgan fingerprint density at radius 1 is 1.14 bits per heavy atom. The molecule has 10 nitrogen and oxygen atoms in total. The van der Waals surface area contributed by atoms with E-state index >= 15 is 0 Å². The Morgan fingerprint density at radius 2 is 1.89 bits per heavy atom. The van der Waals surface area contributed by atoms with E-state index in [0.717, 1.165) is 5.56 Å². The number of aliphatic hydroxyl groups is 1. The third kappa shape index (κ3) is 8.85. The van der Waals surface area contributed by atoms with Gasteiger partial charge >= 0.3 is 12.1 Å². The van der Waals surface area contributed by atoms with Crippen LogP contribution < -0.4 is 16.4 Å². The highest BCUT2D eigenvalue weighted by atomic mass is 35.5. The summed E-state index contributed by atoms with van der Waals surface area (Å²) < 4.78 is 62.8. The normalized spacial score (nSPS) is 13.6. The highest BCUT2D eigenvalue weighted by Crippen LogP contribution is 2.25. The monoisotopic (exact) mass is 653 g/mol. The Labute approximate surface area is 256 Å². The number of fused-ring (bicyclic) bond motifs is 1. The van der Waals surface area contributed by atoms with Gasteiger partial charge in [-0.25, -0.2) is 18.2 Å². The molecule has 44 heavy (non-hydrogen) atoms. The van der Waals surface area contributed by atoms with Crippen molar-refractivity contribution in [2.45, 2.75) is 38.2 Å². The second-order valence-corrected chi connectivity index (χ2v) is 13.0. The van der Waals surface area contributed by atoms with Crippen LogP contribution in [0.3, 0.4) is 0 Å². The van der Waals surface area contributed by atoms with Crippen molar-refractivity contribution in [1.29, 1.82) is 0 Å². The number of carboxylic acids is 1. The van der Waals surface area contributed by atoms with E-state index in [1.54, 1.807) is 34.9 Å². The van der Waals surface area contributed by atoms with Crippen molar-refractivity contribution >= 4 is 49.8 Å². The molecule has 0 bridgehead atoms. The van der Waals surface area contributed by atoms with E-state index in [4.69, 9.17) is 17.3 Å². The van der Waals surface area contributed by atoms with Gasteiger partial charge < -0.3 is 31.1 Å². The van der Waals surface area contributed by atoms with Gasteiger partial charge in [0, 0.05) is 47.5 Å². The Kier molecular flexibility index (Phi) is 10.1. The van der Waals surface area contributed by atoms with E-state index in [1.807, 2.05) is 25.1 Å². The molecule has 4 aromatic rings. The number of aromatic carboxylic acids is 1. The second-order valence-electron chi connectivity index (χ2n) is 10.5. The zero-order chi connectivity index (χ0) is 32.2. The molecule has 0 spiro atoms. The van der Waals surface area contributed by atoms with Crippen molar-refractivity contribution in [2.75, 3.05) is 29.2 Å². The molecule has 2 aromatic carbocycles. The maximum Gasteiger partial charge on any atom is 0.402 e. The van der Waals surface area contributed by atoms with Gasteiger partial charge in [0.15, 0.2) is 9.84 Å². The molecule has 0 aliphatic heterocycles. The standard InChI is InChI=1S/C29H31ClF3N5O5S/c1-17(35-13-26(39)21-10-23(30)27(34)36-12-21)7-18-5-6-24-20(8-18)11-25(28(40)41)38(24)14-19-3-2-4-22(9-19)37-16-44(42,43)15-29(31,32)33/h2-6,8-12,17,26,35,37,39H,7,13-16H2,1H3,(H2,34,36)(H,40,41). The number of benzene rings is 2. The van der Waals surface area contributed by atoms with Gasteiger partial charge in [-0.3, -0.25) is 0 Å². The highest BCUT2D eigenvalue weighted by Gasteiger charge is 2.34. The molecule has 2 aromatic heterocycles. The molecule has 236 valence electrons. The zero-order valence-corrected chi connectivity index (χ0v) is 25.0. The number of aliphatic hydroxyl groups excluding tert-OH is 1. The lowest BCUT2D eigenvalue weighted by molar-refractivity contribution is -0.106. The molecule has 0 saturated heterocycles. The SMILES string of the molecule is CC(Cc1ccc2c(c1)cc(C(=O)O)n2Cc1cccc(NCS(=O)(=O)CC(F)(F)F)c1)NCC(O)c1cnc(N)c(Cl)c1. The van der Waals surface area contributed by atoms with E-state index in [1.165, 1.54) is 12.3 Å². The minimum absolute atomic E-state index is 0.0355. The number of carbonyl (C=O) groups is 1. The van der Waals surface area contributed by atoms with Crippen molar-refractivity contribution in [1.82, 2.24) is 14.9 Å². The first-order valence-corrected chi connectivity index (χ1v) is 15.6. The van der Waals surface area contributed by atoms with Crippen LogP contribution >= 0.6 is 11.6 Å². The van der Waals surface area contributed by atoms with Gasteiger partial charge in [-0.15, -0.1) is 0 Å². The molecule has 0 aliphatic rings. The minimum Gasteiger partial charge on any atom is -0.477 e. The number of nitrogens with one attached hydrogen (secondary N) is 2. The molecule has 0 fully saturated rings. The maximum absolute atomic E-state index is 12.5. The van der Waals surface area contributed by atoms with Crippen molar-refractivity contribution in [3.05, 3.63) is 88.2 Å². The topological polar surface area (TPSA) is 160 Å². The molecule has 2 unspecified atom stereocenters. The molecular formula is C29H31ClF3N5O5S. The van der Waals surface area contributed by atoms with Crippen LogP contribution in [0.1, 0.15) is 40.2 Å². The van der Waals surface area contributed by atoms with E-state index in [0.29, 0.717) is 28.5 Å². The number of anilines is 2. The third-order valence-corrected chi connectivity index (χ3v) is 8.46. The largest absolute Gasteiger partial charge is 0.477 e. The van der Waals surface area contributed by atoms with Crippen molar-refractivity contribution < 1.29 is 36.6 Å². The molecule has 2 atom stereocenters. The maximum atomic E-state index is 12.5. The predicted octanol–water partition coefficient (Wildman–Crippen LogP) is 4.62. The van der Waals surface area contributed by atoms with Crippen LogP contribution in [-0.2, 0) is 22.8 Å². The molecule has 15 heteroatoms. The van der Waals surface area contributed by atoms with Gasteiger partial charge in [0.05, 0.1) is 11.1 Å². The van der Waals surface area contributed by atoms with Crippen molar-refractivity contribution in [2.24, 2.45) is 0 Å². The summed E-state index contributed by atoms with van der Waals surface area (Å²) in [5.41, 5.74) is 8.67. The lowest BCUT2D eigenvalue weighted by Gasteiger charge is -2.18. The Bertz CT molecular complexity index is 1760. The van der Waals surface area contributed by atoms with Gasteiger partial charge in [0.1, 0.15) is 23.1 Å². The first-order valence-electron chi connectivity index (χ1n) is 13.4. The number of rotatable bonds is 13. The summed E-state index contributed by atoms with van der Waals surface area (Å²) in [6, 6.07) is 15.0. The molecule has 2 heterocycles. The van der Waals surface area contributed by atoms with E-state index < -0.39 is 39.7 Å². The number of halogens is 4. The fourth-order valence-corrected chi connectivity index (χ4v) is 5.91. The van der Waals surface area contributed by atoms with Gasteiger partial charge in [-0.2, -0.15) is 13.2 Å². The van der Waals surface area contributed by atoms with Crippen LogP contribution in [0.5, 0.6) is 0 Å². The molecule has 0 radical (unpaired) electrons. The Hall–Kier alpha value is -3.85. The second kappa shape index (κ2) is 13.4. The number of nitrogens with two attached hydrogens (primary N) is 1. The number of nitrogens with zero attached hydrogens (tertiary/aromatic N) is 2. The third-order valence-electron chi connectivity index (χ3n) is 6.81. The van der Waals surface area contributed by atoms with Gasteiger partial charge in [0.2, 0.25) is 0 Å². The van der Waals surface area contributed by atoms with Crippen LogP contribution in [0.15, 0.2) is 60.8 Å². The Morgan fingerprint density at radius 3 is 2.57 bits per heavy atom. The smallest absolute Gasteiger partial charge is 0.402 e. The summed E-state index contributed by atoms with van der Waals surface area (Å²) >= 11 is 5.99. The summed E-state index contributed by atoms with van der Waals surface area (Å²) in [4.78, 5) is 16.1. The molecular weight excluding hydrogens is 623 g/mol. The van der Waals surface area contributed by atoms with Gasteiger partial charge in [-0.1, -0.05) is 29.8 Å². The number of nitrogen functional groups attached to an aromatic ring is 1. The predicted molar refractivity (Wildman–Crippen MR) is 163 cm³/mol. The number of sulfone groups is 1. The number of carboxylic acid groups (broad SMARTS) is 1. The summed E-state index contributed by atoms with van der Waals surface area (Å²) in [6.07, 6.45) is -3.64. The Balaban J connectivity index is 1.45. The van der Waals surface area contributed by atoms with Crippen molar-refractivity contribution in [3.8, 4) is 0 Å². The van der Waals surface area contributed by atoms with Crippen molar-refractivity contribution in [3.63, 3.8) is 0 Å². The fourth-order valence-electron chi connectivity index (χ4n) is 4.75. The molecule has 0 saturated carbocycles. The van der Waals surface area contributed by atoms with Crippen LogP contribution in [0, 0.1) is 0 Å². The first kappa shape index (κ1) is 33.1. The summed E-state index contributed by atoms with van der Waals surface area (Å²) in [6.45, 7) is 2.32. The summed E-state index contributed by atoms with van der Waals surface area (Å²) in [5.74, 6) is -3.79. The number of alkyl halides is 3. The lowest BCUT2D eigenvalue weighted by atomic mass is 10.0. The summed E-state index contributed by atoms with van der Waals surface area (Å²) in [7, 11) is -4.43. The molecule has 4 rings (SSSR count). The summed E-state index contributed by atoms with van der Waals surface area (Å²) in [5, 5.41) is 27.1.